The minimum Gasteiger partial charge on any atom is -0.367 e. The number of pyridine rings is 2. The maximum Gasteiger partial charge on any atom is 0.0633 e. The molecule has 0 spiro atoms. The van der Waals surface area contributed by atoms with Crippen molar-refractivity contribution in [1.82, 2.24) is 15.3 Å². The molecular formula is C21H20N4. The van der Waals surface area contributed by atoms with Crippen LogP contribution < -0.4 is 10.2 Å². The molecular weight excluding hydrogens is 308 g/mol. The van der Waals surface area contributed by atoms with Gasteiger partial charge in [0.15, 0.2) is 0 Å². The van der Waals surface area contributed by atoms with Gasteiger partial charge >= 0.3 is 0 Å². The van der Waals surface area contributed by atoms with E-state index in [1.807, 2.05) is 18.6 Å². The minimum atomic E-state index is 0.924. The van der Waals surface area contributed by atoms with Crippen LogP contribution in [0.25, 0.3) is 22.3 Å². The van der Waals surface area contributed by atoms with Gasteiger partial charge in [-0.15, -0.1) is 0 Å². The molecule has 0 unspecified atom stereocenters. The van der Waals surface area contributed by atoms with Gasteiger partial charge in [-0.2, -0.15) is 0 Å². The molecule has 0 amide bonds. The molecule has 2 aromatic heterocycles. The van der Waals surface area contributed by atoms with Crippen LogP contribution in [0.2, 0.25) is 0 Å². The number of hydrogen-bond donors (Lipinski definition) is 1. The third-order valence-electron chi connectivity index (χ3n) is 5.22. The van der Waals surface area contributed by atoms with E-state index in [0.717, 1.165) is 32.6 Å². The van der Waals surface area contributed by atoms with Crippen LogP contribution in [0.5, 0.6) is 0 Å². The van der Waals surface area contributed by atoms with Crippen molar-refractivity contribution in [2.75, 3.05) is 31.1 Å². The van der Waals surface area contributed by atoms with Crippen LogP contribution in [-0.2, 0) is 6.42 Å². The van der Waals surface area contributed by atoms with Crippen molar-refractivity contribution < 1.29 is 0 Å². The number of benzene rings is 1. The average molecular weight is 328 g/mol. The Morgan fingerprint density at radius 3 is 2.64 bits per heavy atom. The van der Waals surface area contributed by atoms with Crippen LogP contribution in [0.3, 0.4) is 0 Å². The van der Waals surface area contributed by atoms with E-state index in [9.17, 15) is 0 Å². The fraction of sp³-hybridized carbons (Fsp3) is 0.238. The lowest BCUT2D eigenvalue weighted by molar-refractivity contribution is 0.589. The maximum absolute atomic E-state index is 4.66. The Morgan fingerprint density at radius 2 is 1.72 bits per heavy atom. The van der Waals surface area contributed by atoms with Crippen molar-refractivity contribution in [3.63, 3.8) is 0 Å². The second kappa shape index (κ2) is 5.97. The molecule has 1 aromatic carbocycles. The summed E-state index contributed by atoms with van der Waals surface area (Å²) in [5, 5.41) is 3.43. The molecule has 1 N–H and O–H groups in total. The van der Waals surface area contributed by atoms with Crippen molar-refractivity contribution in [2.45, 2.75) is 6.42 Å². The van der Waals surface area contributed by atoms with Gasteiger partial charge in [-0.25, -0.2) is 0 Å². The highest BCUT2D eigenvalue weighted by Crippen LogP contribution is 2.43. The summed E-state index contributed by atoms with van der Waals surface area (Å²) in [5.74, 6) is 0. The van der Waals surface area contributed by atoms with Gasteiger partial charge in [0.25, 0.3) is 0 Å². The first-order chi connectivity index (χ1) is 12.4. The number of fused-ring (bicyclic) bond motifs is 3. The summed E-state index contributed by atoms with van der Waals surface area (Å²) in [5.41, 5.74) is 8.92. The topological polar surface area (TPSA) is 41.1 Å². The Hall–Kier alpha value is -2.72. The molecule has 4 nitrogen and oxygen atoms in total. The van der Waals surface area contributed by atoms with Crippen LogP contribution >= 0.6 is 0 Å². The van der Waals surface area contributed by atoms with E-state index in [-0.39, 0.29) is 0 Å². The fourth-order valence-electron chi connectivity index (χ4n) is 4.03. The van der Waals surface area contributed by atoms with Gasteiger partial charge in [0.05, 0.1) is 17.6 Å². The van der Waals surface area contributed by atoms with Crippen LogP contribution in [-0.4, -0.2) is 36.1 Å². The van der Waals surface area contributed by atoms with Crippen molar-refractivity contribution in [2.24, 2.45) is 0 Å². The number of piperazine rings is 1. The van der Waals surface area contributed by atoms with Gasteiger partial charge in [-0.3, -0.25) is 9.97 Å². The lowest BCUT2D eigenvalue weighted by Gasteiger charge is -2.31. The molecule has 1 saturated heterocycles. The highest BCUT2D eigenvalue weighted by Gasteiger charge is 2.24. The number of nitrogens with zero attached hydrogens (tertiary/aromatic N) is 3. The van der Waals surface area contributed by atoms with Crippen molar-refractivity contribution in [1.29, 1.82) is 0 Å². The molecule has 0 radical (unpaired) electrons. The number of hydrogen-bond acceptors (Lipinski definition) is 4. The lowest BCUT2D eigenvalue weighted by atomic mass is 9.96. The average Bonchev–Trinajstić information content (AvgIpc) is 3.07. The molecule has 1 aliphatic carbocycles. The van der Waals surface area contributed by atoms with E-state index in [0.29, 0.717) is 0 Å². The smallest absolute Gasteiger partial charge is 0.0633 e. The highest BCUT2D eigenvalue weighted by molar-refractivity contribution is 5.93. The number of nitrogens with one attached hydrogen (secondary N) is 1. The highest BCUT2D eigenvalue weighted by atomic mass is 15.2. The monoisotopic (exact) mass is 328 g/mol. The van der Waals surface area contributed by atoms with Gasteiger partial charge in [0.1, 0.15) is 0 Å². The fourth-order valence-corrected chi connectivity index (χ4v) is 4.03. The van der Waals surface area contributed by atoms with Crippen molar-refractivity contribution >= 4 is 5.69 Å². The molecule has 0 bridgehead atoms. The summed E-state index contributed by atoms with van der Waals surface area (Å²) in [6.45, 7) is 4.07. The summed E-state index contributed by atoms with van der Waals surface area (Å²) in [4.78, 5) is 11.5. The Kier molecular flexibility index (Phi) is 3.49. The SMILES string of the molecule is c1ccc2c(c1)Cc1nccc(-c3ccncc3N3CCNCC3)c1-2. The quantitative estimate of drug-likeness (QED) is 0.614. The molecule has 1 fully saturated rings. The first-order valence-electron chi connectivity index (χ1n) is 8.88. The first-order valence-corrected chi connectivity index (χ1v) is 8.88. The predicted molar refractivity (Wildman–Crippen MR) is 101 cm³/mol. The van der Waals surface area contributed by atoms with E-state index < -0.39 is 0 Å². The van der Waals surface area contributed by atoms with Gasteiger partial charge in [0, 0.05) is 56.1 Å². The molecule has 2 aliphatic rings. The van der Waals surface area contributed by atoms with E-state index in [1.165, 1.54) is 39.2 Å². The Bertz CT molecular complexity index is 929. The van der Waals surface area contributed by atoms with E-state index in [4.69, 9.17) is 0 Å². The molecule has 0 atom stereocenters. The van der Waals surface area contributed by atoms with Crippen LogP contribution in [0.1, 0.15) is 11.3 Å². The molecule has 0 saturated carbocycles. The molecule has 1 aliphatic heterocycles. The number of aromatic nitrogens is 2. The Balaban J connectivity index is 1.69. The van der Waals surface area contributed by atoms with Gasteiger partial charge in [-0.05, 0) is 28.8 Å². The normalized spacial score (nSPS) is 15.8. The molecule has 25 heavy (non-hydrogen) atoms. The summed E-state index contributed by atoms with van der Waals surface area (Å²) >= 11 is 0. The second-order valence-electron chi connectivity index (χ2n) is 6.64. The van der Waals surface area contributed by atoms with Gasteiger partial charge in [-0.1, -0.05) is 24.3 Å². The minimum absolute atomic E-state index is 0.924. The summed E-state index contributed by atoms with van der Waals surface area (Å²) in [7, 11) is 0. The third kappa shape index (κ3) is 2.41. The van der Waals surface area contributed by atoms with E-state index >= 15 is 0 Å². The molecule has 4 heteroatoms. The zero-order valence-corrected chi connectivity index (χ0v) is 14.1. The molecule has 3 aromatic rings. The zero-order valence-electron chi connectivity index (χ0n) is 14.1. The Morgan fingerprint density at radius 1 is 0.880 bits per heavy atom. The largest absolute Gasteiger partial charge is 0.367 e. The standard InChI is InChI=1S/C21H20N4/c1-2-4-16-15(3-1)13-19-21(16)18(6-8-24-19)17-5-7-23-14-20(17)25-11-9-22-10-12-25/h1-8,14,22H,9-13H2. The Labute approximate surface area is 147 Å². The van der Waals surface area contributed by atoms with Gasteiger partial charge < -0.3 is 10.2 Å². The molecule has 3 heterocycles. The lowest BCUT2D eigenvalue weighted by Crippen LogP contribution is -2.43. The predicted octanol–water partition coefficient (Wildman–Crippen LogP) is 3.12. The van der Waals surface area contributed by atoms with Crippen LogP contribution in [0.4, 0.5) is 5.69 Å². The van der Waals surface area contributed by atoms with Crippen molar-refractivity contribution in [3.8, 4) is 22.3 Å². The van der Waals surface area contributed by atoms with Crippen LogP contribution in [0.15, 0.2) is 55.0 Å². The van der Waals surface area contributed by atoms with E-state index in [2.05, 4.69) is 56.6 Å². The number of rotatable bonds is 2. The summed E-state index contributed by atoms with van der Waals surface area (Å²) < 4.78 is 0. The van der Waals surface area contributed by atoms with Crippen molar-refractivity contribution in [3.05, 3.63) is 66.2 Å². The maximum atomic E-state index is 4.66. The molecule has 5 rings (SSSR count). The molecule has 124 valence electrons. The zero-order chi connectivity index (χ0) is 16.6. The third-order valence-corrected chi connectivity index (χ3v) is 5.22. The number of anilines is 1. The second-order valence-corrected chi connectivity index (χ2v) is 6.64. The van der Waals surface area contributed by atoms with Crippen LogP contribution in [0, 0.1) is 0 Å². The summed E-state index contributed by atoms with van der Waals surface area (Å²) in [6, 6.07) is 13.0. The van der Waals surface area contributed by atoms with Gasteiger partial charge in [0.2, 0.25) is 0 Å². The summed E-state index contributed by atoms with van der Waals surface area (Å²) in [6.07, 6.45) is 6.78. The first kappa shape index (κ1) is 14.6. The van der Waals surface area contributed by atoms with E-state index in [1.54, 1.807) is 0 Å².